The van der Waals surface area contributed by atoms with Gasteiger partial charge in [0.2, 0.25) is 20.0 Å². The number of aromatic nitrogens is 4. The monoisotopic (exact) mass is 890 g/mol. The molecule has 0 radical (unpaired) electrons. The minimum atomic E-state index is -3.79. The molecule has 4 aromatic carbocycles. The van der Waals surface area contributed by atoms with E-state index in [1.54, 1.807) is 68.4 Å². The second-order valence-corrected chi connectivity index (χ2v) is 20.3. The van der Waals surface area contributed by atoms with Crippen molar-refractivity contribution in [1.82, 2.24) is 29.4 Å². The van der Waals surface area contributed by atoms with Crippen molar-refractivity contribution in [3.05, 3.63) is 126 Å². The molecule has 60 heavy (non-hydrogen) atoms. The molecule has 7 rings (SSSR count). The Morgan fingerprint density at radius 2 is 1.07 bits per heavy atom. The van der Waals surface area contributed by atoms with Gasteiger partial charge in [-0.25, -0.2) is 54.6 Å². The Balaban J connectivity index is 0.000000203. The molecule has 0 aliphatic heterocycles. The maximum absolute atomic E-state index is 12.8. The molecule has 1 aliphatic rings. The summed E-state index contributed by atoms with van der Waals surface area (Å²) in [5.41, 5.74) is 5.26. The molecule has 0 spiro atoms. The van der Waals surface area contributed by atoms with Crippen LogP contribution in [0.4, 0.5) is 46.0 Å². The van der Waals surface area contributed by atoms with Gasteiger partial charge in [-0.15, -0.1) is 0 Å². The molecule has 314 valence electrons. The Morgan fingerprint density at radius 1 is 0.550 bits per heavy atom. The van der Waals surface area contributed by atoms with Crippen LogP contribution in [0.15, 0.2) is 124 Å². The van der Waals surface area contributed by atoms with Gasteiger partial charge >= 0.3 is 0 Å². The summed E-state index contributed by atoms with van der Waals surface area (Å²) < 4.78 is 78.7. The van der Waals surface area contributed by atoms with Crippen molar-refractivity contribution >= 4 is 87.5 Å². The summed E-state index contributed by atoms with van der Waals surface area (Å²) in [7, 11) is -8.34. The zero-order valence-corrected chi connectivity index (χ0v) is 36.1. The molecule has 0 fully saturated rings. The summed E-state index contributed by atoms with van der Waals surface area (Å²) >= 11 is 5.90. The van der Waals surface area contributed by atoms with Crippen LogP contribution in [-0.4, -0.2) is 64.5 Å². The third kappa shape index (κ3) is 10.9. The molecule has 6 N–H and O–H groups in total. The molecule has 6 aromatic rings. The number of fused-ring (bicyclic) bond motifs is 1. The molecular formula is C40H43ClN10O6S3. The quantitative estimate of drug-likeness (QED) is 0.0644. The highest BCUT2D eigenvalue weighted by atomic mass is 35.5. The van der Waals surface area contributed by atoms with Gasteiger partial charge < -0.3 is 21.3 Å². The maximum atomic E-state index is 12.8. The van der Waals surface area contributed by atoms with Crippen molar-refractivity contribution in [1.29, 1.82) is 0 Å². The SMILES string of the molecule is CNS(=O)(=O)c1ccc(S(=O)(=O)C(C)C)c(Nc2cc(Nc3ccc(Cl)cc3)ncn2)c1.CNS(=O)(=O)c1cccc(Nc2cc(Nc3ccc4c(c3)CCC4)ncn2)c1. The fourth-order valence-corrected chi connectivity index (χ4v) is 8.84. The zero-order chi connectivity index (χ0) is 43.1. The van der Waals surface area contributed by atoms with E-state index in [9.17, 15) is 25.3 Å². The molecule has 0 saturated heterocycles. The van der Waals surface area contributed by atoms with Crippen molar-refractivity contribution in [3.8, 4) is 0 Å². The lowest BCUT2D eigenvalue weighted by Gasteiger charge is -2.16. The number of benzene rings is 4. The molecule has 0 amide bonds. The number of rotatable bonds is 14. The Kier molecular flexibility index (Phi) is 13.7. The van der Waals surface area contributed by atoms with Crippen molar-refractivity contribution in [2.45, 2.75) is 53.0 Å². The topological polar surface area (TPSA) is 226 Å². The van der Waals surface area contributed by atoms with Gasteiger partial charge in [-0.2, -0.15) is 0 Å². The van der Waals surface area contributed by atoms with E-state index in [2.05, 4.69) is 68.8 Å². The Labute approximate surface area is 354 Å². The van der Waals surface area contributed by atoms with Crippen LogP contribution in [0.3, 0.4) is 0 Å². The number of anilines is 8. The van der Waals surface area contributed by atoms with Crippen LogP contribution in [0, 0.1) is 0 Å². The molecule has 0 atom stereocenters. The predicted molar refractivity (Wildman–Crippen MR) is 235 cm³/mol. The third-order valence-corrected chi connectivity index (χ3v) is 14.5. The summed E-state index contributed by atoms with van der Waals surface area (Å²) in [5, 5.41) is 12.3. The summed E-state index contributed by atoms with van der Waals surface area (Å²) in [4.78, 5) is 16.8. The Hall–Kier alpha value is -5.70. The van der Waals surface area contributed by atoms with E-state index in [1.165, 1.54) is 68.6 Å². The van der Waals surface area contributed by atoms with E-state index < -0.39 is 35.1 Å². The summed E-state index contributed by atoms with van der Waals surface area (Å²) in [6, 6.07) is 27.1. The number of sulfonamides is 2. The van der Waals surface area contributed by atoms with E-state index >= 15 is 0 Å². The Morgan fingerprint density at radius 3 is 1.65 bits per heavy atom. The first-order valence-corrected chi connectivity index (χ1v) is 23.4. The summed E-state index contributed by atoms with van der Waals surface area (Å²) in [5.74, 6) is 1.94. The van der Waals surface area contributed by atoms with Crippen molar-refractivity contribution in [3.63, 3.8) is 0 Å². The van der Waals surface area contributed by atoms with E-state index in [4.69, 9.17) is 11.6 Å². The number of aryl methyl sites for hydroxylation is 2. The van der Waals surface area contributed by atoms with Crippen LogP contribution < -0.4 is 30.7 Å². The first-order chi connectivity index (χ1) is 28.6. The molecular weight excluding hydrogens is 848 g/mol. The van der Waals surface area contributed by atoms with Crippen LogP contribution in [0.2, 0.25) is 5.02 Å². The molecule has 0 unspecified atom stereocenters. The van der Waals surface area contributed by atoms with Gasteiger partial charge in [0, 0.05) is 34.2 Å². The second kappa shape index (κ2) is 18.7. The average Bonchev–Trinajstić information content (AvgIpc) is 3.70. The smallest absolute Gasteiger partial charge is 0.240 e. The highest BCUT2D eigenvalue weighted by molar-refractivity contribution is 7.92. The summed E-state index contributed by atoms with van der Waals surface area (Å²) in [6.07, 6.45) is 6.24. The third-order valence-electron chi connectivity index (χ3n) is 9.23. The molecule has 20 heteroatoms. The first kappa shape index (κ1) is 43.9. The zero-order valence-electron chi connectivity index (χ0n) is 32.9. The predicted octanol–water partition coefficient (Wildman–Crippen LogP) is 7.07. The number of halogens is 1. The van der Waals surface area contributed by atoms with Gasteiger partial charge in [0.05, 0.1) is 25.6 Å². The van der Waals surface area contributed by atoms with Gasteiger partial charge in [0.15, 0.2) is 9.84 Å². The normalized spacial score (nSPS) is 12.6. The van der Waals surface area contributed by atoms with Crippen LogP contribution in [0.5, 0.6) is 0 Å². The molecule has 0 bridgehead atoms. The fourth-order valence-electron chi connectivity index (χ4n) is 6.01. The molecule has 1 aliphatic carbocycles. The largest absolute Gasteiger partial charge is 0.340 e. The van der Waals surface area contributed by atoms with Gasteiger partial charge in [0.25, 0.3) is 0 Å². The number of sulfone groups is 1. The molecule has 0 saturated carbocycles. The van der Waals surface area contributed by atoms with Gasteiger partial charge in [-0.05, 0) is 131 Å². The molecule has 16 nitrogen and oxygen atoms in total. The number of hydrogen-bond donors (Lipinski definition) is 6. The van der Waals surface area contributed by atoms with Crippen LogP contribution >= 0.6 is 11.6 Å². The van der Waals surface area contributed by atoms with Gasteiger partial charge in [-0.3, -0.25) is 0 Å². The van der Waals surface area contributed by atoms with Crippen molar-refractivity contribution < 1.29 is 25.3 Å². The maximum Gasteiger partial charge on any atom is 0.240 e. The lowest BCUT2D eigenvalue weighted by Crippen LogP contribution is -2.20. The minimum absolute atomic E-state index is 0.0339. The highest BCUT2D eigenvalue weighted by Gasteiger charge is 2.25. The standard InChI is InChI=1S/C20H22ClN5O4S2.C20H21N5O2S/c1-13(2)31(27,28)18-9-8-16(32(29,30)22-3)10-17(18)26-20-11-19(23-12-24-20)25-15-6-4-14(21)5-7-15;1-21-28(26,27)18-7-3-6-16(11-18)24-19-12-20(23-13-22-19)25-17-9-8-14-4-2-5-15(14)10-17/h4-13,22H,1-3H3,(H2,23,24,25,26);3,6-13,21H,2,4-5H2,1H3,(H2,22,23,24,25). The number of nitrogens with zero attached hydrogens (tertiary/aromatic N) is 4. The van der Waals surface area contributed by atoms with Gasteiger partial charge in [0.1, 0.15) is 35.9 Å². The van der Waals surface area contributed by atoms with E-state index in [0.29, 0.717) is 28.2 Å². The average molecular weight is 892 g/mol. The lowest BCUT2D eigenvalue weighted by molar-refractivity contribution is 0.584. The minimum Gasteiger partial charge on any atom is -0.340 e. The van der Waals surface area contributed by atoms with E-state index in [-0.39, 0.29) is 26.2 Å². The Bertz CT molecular complexity index is 2830. The second-order valence-electron chi connectivity index (χ2n) is 13.6. The summed E-state index contributed by atoms with van der Waals surface area (Å²) in [6.45, 7) is 3.10. The molecule has 2 heterocycles. The van der Waals surface area contributed by atoms with Crippen molar-refractivity contribution in [2.75, 3.05) is 35.4 Å². The molecule has 2 aromatic heterocycles. The van der Waals surface area contributed by atoms with Gasteiger partial charge in [-0.1, -0.05) is 23.7 Å². The number of nitrogens with one attached hydrogen (secondary N) is 6. The van der Waals surface area contributed by atoms with Crippen LogP contribution in [0.1, 0.15) is 31.4 Å². The van der Waals surface area contributed by atoms with Crippen LogP contribution in [-0.2, 0) is 42.7 Å². The van der Waals surface area contributed by atoms with Crippen molar-refractivity contribution in [2.24, 2.45) is 0 Å². The fraction of sp³-hybridized carbons (Fsp3) is 0.200. The van der Waals surface area contributed by atoms with E-state index in [1.807, 2.05) is 0 Å². The van der Waals surface area contributed by atoms with E-state index in [0.717, 1.165) is 24.2 Å². The van der Waals surface area contributed by atoms with Crippen LogP contribution in [0.25, 0.3) is 0 Å². The first-order valence-electron chi connectivity index (χ1n) is 18.5. The lowest BCUT2D eigenvalue weighted by atomic mass is 10.1. The number of hydrogen-bond acceptors (Lipinski definition) is 14. The highest BCUT2D eigenvalue weighted by Crippen LogP contribution is 2.31.